The van der Waals surface area contributed by atoms with Crippen LogP contribution in [0.2, 0.25) is 0 Å². The first-order valence-electron chi connectivity index (χ1n) is 14.6. The highest BCUT2D eigenvalue weighted by Gasteiger charge is 2.76. The Bertz CT molecular complexity index is 1760. The maximum atomic E-state index is 13.9. The van der Waals surface area contributed by atoms with Crippen molar-refractivity contribution in [3.63, 3.8) is 0 Å². The number of nitrogens with zero attached hydrogens (tertiary/aromatic N) is 2. The van der Waals surface area contributed by atoms with E-state index in [4.69, 9.17) is 9.47 Å². The molecule has 15 nitrogen and oxygen atoms in total. The third kappa shape index (κ3) is 6.33. The molecular weight excluding hydrogens is 646 g/mol. The highest BCUT2D eigenvalue weighted by molar-refractivity contribution is 7.87. The zero-order chi connectivity index (χ0) is 34.6. The number of β-lactam (4-membered cyclic amide) rings is 1. The Balaban J connectivity index is 1.34. The van der Waals surface area contributed by atoms with Gasteiger partial charge in [0.2, 0.25) is 18.0 Å². The van der Waals surface area contributed by atoms with Gasteiger partial charge >= 0.3 is 12.1 Å². The van der Waals surface area contributed by atoms with Gasteiger partial charge < -0.3 is 30.3 Å². The largest absolute Gasteiger partial charge is 0.459 e. The van der Waals surface area contributed by atoms with Crippen molar-refractivity contribution >= 4 is 46.8 Å². The summed E-state index contributed by atoms with van der Waals surface area (Å²) in [5, 5.41) is 16.8. The number of ether oxygens (including phenoxy) is 2. The lowest BCUT2D eigenvalue weighted by Gasteiger charge is -2.52. The first-order valence-corrected chi connectivity index (χ1v) is 15.8. The average molecular weight is 678 g/mol. The van der Waals surface area contributed by atoms with Gasteiger partial charge in [-0.25, -0.2) is 9.59 Å². The molecule has 3 N–H and O–H groups in total. The fourth-order valence-corrected chi connectivity index (χ4v) is 7.60. The van der Waals surface area contributed by atoms with E-state index >= 15 is 0 Å². The molecule has 48 heavy (non-hydrogen) atoms. The smallest absolute Gasteiger partial charge is 0.408 e. The fourth-order valence-electron chi connectivity index (χ4n) is 5.62. The molecule has 2 aliphatic rings. The van der Waals surface area contributed by atoms with E-state index in [1.807, 2.05) is 0 Å². The van der Waals surface area contributed by atoms with E-state index in [1.54, 1.807) is 48.5 Å². The second-order valence-corrected chi connectivity index (χ2v) is 13.6. The number of carbonyl (C=O) groups is 5. The van der Waals surface area contributed by atoms with Crippen LogP contribution in [-0.4, -0.2) is 66.1 Å². The SMILES string of the molecule is CC1(C)[C@H](C(=O)OCc2ccccc2)N2C(=O)[C@@](NC=O)(NC(=O)C(NC(=O)OCc3ccc([N+](=O)[O-])cc3)c3ccccc3)[C@H]2S1=O. The summed E-state index contributed by atoms with van der Waals surface area (Å²) in [4.78, 5) is 77.0. The lowest BCUT2D eigenvalue weighted by Crippen LogP contribution is -2.86. The van der Waals surface area contributed by atoms with Crippen molar-refractivity contribution in [1.29, 1.82) is 0 Å². The maximum absolute atomic E-state index is 13.9. The summed E-state index contributed by atoms with van der Waals surface area (Å²) >= 11 is 0. The second kappa shape index (κ2) is 13.6. The summed E-state index contributed by atoms with van der Waals surface area (Å²) in [6, 6.07) is 19.3. The van der Waals surface area contributed by atoms with Crippen molar-refractivity contribution in [3.8, 4) is 0 Å². The van der Waals surface area contributed by atoms with E-state index in [2.05, 4.69) is 16.0 Å². The van der Waals surface area contributed by atoms with Crippen LogP contribution < -0.4 is 16.0 Å². The van der Waals surface area contributed by atoms with Gasteiger partial charge in [0.15, 0.2) is 5.37 Å². The number of benzene rings is 3. The van der Waals surface area contributed by atoms with Crippen LogP contribution in [0.15, 0.2) is 84.9 Å². The van der Waals surface area contributed by atoms with Gasteiger partial charge in [-0.05, 0) is 42.7 Å². The Kier molecular flexibility index (Phi) is 9.56. The molecule has 5 atom stereocenters. The number of nitro groups is 1. The van der Waals surface area contributed by atoms with E-state index in [0.29, 0.717) is 11.1 Å². The minimum absolute atomic E-state index is 0.0925. The quantitative estimate of drug-likeness (QED) is 0.0635. The Morgan fingerprint density at radius 1 is 0.958 bits per heavy atom. The summed E-state index contributed by atoms with van der Waals surface area (Å²) in [6.07, 6.45) is -0.868. The van der Waals surface area contributed by atoms with E-state index < -0.39 is 67.5 Å². The van der Waals surface area contributed by atoms with Crippen LogP contribution in [0.5, 0.6) is 0 Å². The van der Waals surface area contributed by atoms with Crippen LogP contribution in [0.25, 0.3) is 0 Å². The van der Waals surface area contributed by atoms with Gasteiger partial charge in [-0.2, -0.15) is 0 Å². The molecule has 2 saturated heterocycles. The second-order valence-electron chi connectivity index (χ2n) is 11.5. The number of nitrogens with one attached hydrogen (secondary N) is 3. The predicted molar refractivity (Wildman–Crippen MR) is 169 cm³/mol. The molecule has 3 aromatic rings. The topological polar surface area (TPSA) is 203 Å². The standard InChI is InChI=1S/C32H31N5O10S/c1-31(2)25(27(40)46-17-20-9-5-3-6-10-20)36-28(41)32(33-19-38,29(36)48(31)45)35-26(39)24(22-11-7-4-8-12-22)34-30(42)47-18-21-13-15-23(16-14-21)37(43)44/h3-16,19,24-25,29H,17-18H2,1-2H3,(H,33,38)(H,34,42)(H,35,39)/t24?,25-,29+,32+,48?/m0/s1. The van der Waals surface area contributed by atoms with E-state index in [9.17, 15) is 38.3 Å². The molecule has 4 amide bonds. The number of hydrogen-bond acceptors (Lipinski definition) is 10. The number of carbonyl (C=O) groups excluding carboxylic acids is 5. The number of rotatable bonds is 12. The molecule has 0 saturated carbocycles. The molecule has 250 valence electrons. The highest BCUT2D eigenvalue weighted by Crippen LogP contribution is 2.47. The van der Waals surface area contributed by atoms with Gasteiger partial charge in [0.05, 0.1) is 20.5 Å². The Morgan fingerprint density at radius 3 is 2.15 bits per heavy atom. The van der Waals surface area contributed by atoms with Crippen molar-refractivity contribution in [3.05, 3.63) is 112 Å². The number of esters is 1. The van der Waals surface area contributed by atoms with Crippen LogP contribution in [0.1, 0.15) is 36.6 Å². The van der Waals surface area contributed by atoms with Gasteiger partial charge in [0.25, 0.3) is 11.6 Å². The molecule has 0 bridgehead atoms. The molecule has 2 heterocycles. The average Bonchev–Trinajstić information content (AvgIpc) is 3.28. The molecule has 2 unspecified atom stereocenters. The Labute approximate surface area is 276 Å². The van der Waals surface area contributed by atoms with Crippen molar-refractivity contribution in [1.82, 2.24) is 20.9 Å². The predicted octanol–water partition coefficient (Wildman–Crippen LogP) is 1.94. The Morgan fingerprint density at radius 2 is 1.54 bits per heavy atom. The third-order valence-electron chi connectivity index (χ3n) is 8.08. The van der Waals surface area contributed by atoms with Crippen molar-refractivity contribution in [2.75, 3.05) is 0 Å². The van der Waals surface area contributed by atoms with Gasteiger partial charge in [-0.15, -0.1) is 0 Å². The Hall–Kier alpha value is -5.64. The van der Waals surface area contributed by atoms with Crippen LogP contribution in [-0.2, 0) is 52.7 Å². The first kappa shape index (κ1) is 33.7. The molecule has 0 aromatic heterocycles. The lowest BCUT2D eigenvalue weighted by molar-refractivity contribution is -0.384. The molecule has 0 radical (unpaired) electrons. The van der Waals surface area contributed by atoms with E-state index in [0.717, 1.165) is 4.90 Å². The number of amides is 4. The molecule has 0 spiro atoms. The number of hydrogen-bond donors (Lipinski definition) is 3. The monoisotopic (exact) mass is 677 g/mol. The fraction of sp³-hybridized carbons (Fsp3) is 0.281. The summed E-state index contributed by atoms with van der Waals surface area (Å²) in [5.74, 6) is -2.67. The first-order chi connectivity index (χ1) is 22.9. The number of non-ortho nitro benzene ring substituents is 1. The summed E-state index contributed by atoms with van der Waals surface area (Å²) in [6.45, 7) is 2.66. The van der Waals surface area contributed by atoms with Gasteiger partial charge in [0.1, 0.15) is 25.3 Å². The van der Waals surface area contributed by atoms with Crippen molar-refractivity contribution in [2.24, 2.45) is 0 Å². The highest BCUT2D eigenvalue weighted by atomic mass is 32.2. The molecule has 16 heteroatoms. The van der Waals surface area contributed by atoms with Gasteiger partial charge in [-0.3, -0.25) is 28.7 Å². The summed E-state index contributed by atoms with van der Waals surface area (Å²) in [7, 11) is -2.01. The molecule has 0 aliphatic carbocycles. The van der Waals surface area contributed by atoms with Crippen LogP contribution in [0, 0.1) is 10.1 Å². The van der Waals surface area contributed by atoms with Crippen LogP contribution in [0.4, 0.5) is 10.5 Å². The molecule has 2 fully saturated rings. The lowest BCUT2D eigenvalue weighted by atomic mass is 9.90. The van der Waals surface area contributed by atoms with E-state index in [-0.39, 0.29) is 30.9 Å². The minimum atomic E-state index is -2.22. The number of alkyl carbamates (subject to hydrolysis) is 1. The van der Waals surface area contributed by atoms with Crippen LogP contribution >= 0.6 is 0 Å². The maximum Gasteiger partial charge on any atom is 0.408 e. The molecular formula is C32H31N5O10S. The van der Waals surface area contributed by atoms with Crippen LogP contribution in [0.3, 0.4) is 0 Å². The molecule has 3 aromatic carbocycles. The zero-order valence-corrected chi connectivity index (χ0v) is 26.5. The molecule has 5 rings (SSSR count). The van der Waals surface area contributed by atoms with Gasteiger partial charge in [-0.1, -0.05) is 60.7 Å². The van der Waals surface area contributed by atoms with Gasteiger partial charge in [0, 0.05) is 12.1 Å². The van der Waals surface area contributed by atoms with Crippen molar-refractivity contribution < 1.29 is 42.6 Å². The van der Waals surface area contributed by atoms with Crippen molar-refractivity contribution in [2.45, 2.75) is 54.9 Å². The number of nitro benzene ring substituents is 1. The minimum Gasteiger partial charge on any atom is -0.459 e. The number of fused-ring (bicyclic) bond motifs is 1. The molecule has 2 aliphatic heterocycles. The normalized spacial score (nSPS) is 22.7. The summed E-state index contributed by atoms with van der Waals surface area (Å²) in [5.41, 5.74) is -0.944. The zero-order valence-electron chi connectivity index (χ0n) is 25.7. The summed E-state index contributed by atoms with van der Waals surface area (Å²) < 4.78 is 23.2. The van der Waals surface area contributed by atoms with E-state index in [1.165, 1.54) is 50.2 Å². The third-order valence-corrected chi connectivity index (χ3v) is 10.3.